The second-order valence-electron chi connectivity index (χ2n) is 6.28. The van der Waals surface area contributed by atoms with Gasteiger partial charge in [0.2, 0.25) is 0 Å². The highest BCUT2D eigenvalue weighted by Gasteiger charge is 2.30. The molecule has 1 saturated carbocycles. The average molecular weight is 261 g/mol. The lowest BCUT2D eigenvalue weighted by atomic mass is 9.94. The SMILES string of the molecule is c1cncc(C[NH+]2CC[NH+](C3CCCCC3)CC2)c1. The molecule has 0 bridgehead atoms. The molecule has 1 aliphatic carbocycles. The van der Waals surface area contributed by atoms with Crippen molar-refractivity contribution in [1.82, 2.24) is 4.98 Å². The van der Waals surface area contributed by atoms with Gasteiger partial charge in [0.25, 0.3) is 0 Å². The summed E-state index contributed by atoms with van der Waals surface area (Å²) in [6.07, 6.45) is 11.3. The van der Waals surface area contributed by atoms with Crippen LogP contribution in [0.1, 0.15) is 37.7 Å². The van der Waals surface area contributed by atoms with E-state index >= 15 is 0 Å². The number of nitrogens with zero attached hydrogens (tertiary/aromatic N) is 1. The molecule has 19 heavy (non-hydrogen) atoms. The number of hydrogen-bond acceptors (Lipinski definition) is 1. The van der Waals surface area contributed by atoms with Crippen LogP contribution in [0.3, 0.4) is 0 Å². The first-order valence-electron chi connectivity index (χ1n) is 7.99. The highest BCUT2D eigenvalue weighted by molar-refractivity contribution is 5.06. The summed E-state index contributed by atoms with van der Waals surface area (Å²) in [4.78, 5) is 7.86. The second kappa shape index (κ2) is 6.49. The summed E-state index contributed by atoms with van der Waals surface area (Å²) in [7, 11) is 0. The molecule has 1 saturated heterocycles. The zero-order chi connectivity index (χ0) is 12.9. The second-order valence-corrected chi connectivity index (χ2v) is 6.28. The Labute approximate surface area is 116 Å². The van der Waals surface area contributed by atoms with Crippen LogP contribution in [0.25, 0.3) is 0 Å². The minimum Gasteiger partial charge on any atom is -0.323 e. The molecule has 3 heteroatoms. The van der Waals surface area contributed by atoms with Crippen molar-refractivity contribution in [2.24, 2.45) is 0 Å². The van der Waals surface area contributed by atoms with E-state index in [4.69, 9.17) is 0 Å². The van der Waals surface area contributed by atoms with Crippen LogP contribution in [0.4, 0.5) is 0 Å². The van der Waals surface area contributed by atoms with Crippen LogP contribution >= 0.6 is 0 Å². The first-order chi connectivity index (χ1) is 9.42. The maximum absolute atomic E-state index is 4.22. The van der Waals surface area contributed by atoms with Gasteiger partial charge >= 0.3 is 0 Å². The summed E-state index contributed by atoms with van der Waals surface area (Å²) in [5.41, 5.74) is 1.39. The Morgan fingerprint density at radius 3 is 2.53 bits per heavy atom. The molecular formula is C16H27N3+2. The van der Waals surface area contributed by atoms with Crippen molar-refractivity contribution in [3.63, 3.8) is 0 Å². The summed E-state index contributed by atoms with van der Waals surface area (Å²) in [6.45, 7) is 6.58. The van der Waals surface area contributed by atoms with Gasteiger partial charge in [0.05, 0.1) is 6.04 Å². The van der Waals surface area contributed by atoms with Crippen LogP contribution in [0.2, 0.25) is 0 Å². The van der Waals surface area contributed by atoms with E-state index in [0.29, 0.717) is 0 Å². The van der Waals surface area contributed by atoms with Crippen LogP contribution in [0.15, 0.2) is 24.5 Å². The van der Waals surface area contributed by atoms with Crippen LogP contribution in [0.5, 0.6) is 0 Å². The quantitative estimate of drug-likeness (QED) is 0.766. The molecule has 0 atom stereocenters. The van der Waals surface area contributed by atoms with Crippen molar-refractivity contribution >= 4 is 0 Å². The molecule has 0 unspecified atom stereocenters. The van der Waals surface area contributed by atoms with Gasteiger partial charge in [-0.2, -0.15) is 0 Å². The minimum absolute atomic E-state index is 0.980. The maximum atomic E-state index is 4.22. The summed E-state index contributed by atoms with van der Waals surface area (Å²) in [5, 5.41) is 0. The highest BCUT2D eigenvalue weighted by Crippen LogP contribution is 2.15. The molecular weight excluding hydrogens is 234 g/mol. The molecule has 0 spiro atoms. The number of aromatic nitrogens is 1. The molecule has 104 valence electrons. The van der Waals surface area contributed by atoms with E-state index in [2.05, 4.69) is 17.1 Å². The largest absolute Gasteiger partial charge is 0.323 e. The fourth-order valence-corrected chi connectivity index (χ4v) is 3.81. The number of piperazine rings is 1. The van der Waals surface area contributed by atoms with Crippen LogP contribution < -0.4 is 9.80 Å². The Morgan fingerprint density at radius 1 is 1.05 bits per heavy atom. The predicted octanol–water partition coefficient (Wildman–Crippen LogP) is -0.302. The summed E-state index contributed by atoms with van der Waals surface area (Å²) in [5.74, 6) is 0. The molecule has 2 aliphatic rings. The van der Waals surface area contributed by atoms with E-state index in [0.717, 1.165) is 12.6 Å². The number of nitrogens with one attached hydrogen (secondary N) is 2. The lowest BCUT2D eigenvalue weighted by Crippen LogP contribution is -3.29. The lowest BCUT2D eigenvalue weighted by Gasteiger charge is -2.36. The van der Waals surface area contributed by atoms with Crippen LogP contribution in [-0.2, 0) is 6.54 Å². The zero-order valence-electron chi connectivity index (χ0n) is 11.9. The minimum atomic E-state index is 0.980. The lowest BCUT2D eigenvalue weighted by molar-refractivity contribution is -1.03. The molecule has 0 amide bonds. The Kier molecular flexibility index (Phi) is 4.46. The van der Waals surface area contributed by atoms with E-state index in [1.165, 1.54) is 63.8 Å². The highest BCUT2D eigenvalue weighted by atomic mass is 15.3. The molecule has 1 aromatic rings. The molecule has 2 heterocycles. The van der Waals surface area contributed by atoms with Crippen molar-refractivity contribution in [2.45, 2.75) is 44.7 Å². The molecule has 0 radical (unpaired) electrons. The number of pyridine rings is 1. The monoisotopic (exact) mass is 261 g/mol. The van der Waals surface area contributed by atoms with Crippen molar-refractivity contribution in [2.75, 3.05) is 26.2 Å². The Hall–Kier alpha value is -0.930. The van der Waals surface area contributed by atoms with E-state index in [1.54, 1.807) is 4.90 Å². The van der Waals surface area contributed by atoms with Crippen LogP contribution in [-0.4, -0.2) is 37.2 Å². The van der Waals surface area contributed by atoms with Gasteiger partial charge in [-0.1, -0.05) is 12.5 Å². The van der Waals surface area contributed by atoms with Gasteiger partial charge in [0, 0.05) is 18.0 Å². The number of rotatable bonds is 3. The Morgan fingerprint density at radius 2 is 1.84 bits per heavy atom. The van der Waals surface area contributed by atoms with Gasteiger partial charge in [-0.15, -0.1) is 0 Å². The first-order valence-corrected chi connectivity index (χ1v) is 7.99. The third-order valence-corrected chi connectivity index (χ3v) is 4.96. The van der Waals surface area contributed by atoms with Crippen molar-refractivity contribution in [3.05, 3.63) is 30.1 Å². The van der Waals surface area contributed by atoms with Gasteiger partial charge in [-0.25, -0.2) is 0 Å². The number of hydrogen-bond donors (Lipinski definition) is 2. The topological polar surface area (TPSA) is 21.8 Å². The molecule has 3 nitrogen and oxygen atoms in total. The van der Waals surface area contributed by atoms with E-state index in [-0.39, 0.29) is 0 Å². The third kappa shape index (κ3) is 3.54. The molecule has 3 rings (SSSR count). The summed E-state index contributed by atoms with van der Waals surface area (Å²) in [6, 6.07) is 5.24. The van der Waals surface area contributed by atoms with E-state index in [9.17, 15) is 0 Å². The fraction of sp³-hybridized carbons (Fsp3) is 0.688. The zero-order valence-corrected chi connectivity index (χ0v) is 11.9. The number of quaternary nitrogens is 2. The normalized spacial score (nSPS) is 29.3. The Balaban J connectivity index is 1.46. The summed E-state index contributed by atoms with van der Waals surface area (Å²) < 4.78 is 0. The molecule has 1 aromatic heterocycles. The van der Waals surface area contributed by atoms with Crippen LogP contribution in [0, 0.1) is 0 Å². The molecule has 0 aromatic carbocycles. The van der Waals surface area contributed by atoms with Gasteiger partial charge < -0.3 is 9.80 Å². The first kappa shape index (κ1) is 13.1. The van der Waals surface area contributed by atoms with Crippen molar-refractivity contribution < 1.29 is 9.80 Å². The predicted molar refractivity (Wildman–Crippen MR) is 76.2 cm³/mol. The van der Waals surface area contributed by atoms with Gasteiger partial charge in [0.15, 0.2) is 0 Å². The molecule has 2 N–H and O–H groups in total. The van der Waals surface area contributed by atoms with Gasteiger partial charge in [-0.05, 0) is 31.7 Å². The van der Waals surface area contributed by atoms with E-state index < -0.39 is 0 Å². The van der Waals surface area contributed by atoms with Crippen molar-refractivity contribution in [1.29, 1.82) is 0 Å². The fourth-order valence-electron chi connectivity index (χ4n) is 3.81. The molecule has 2 fully saturated rings. The smallest absolute Gasteiger partial charge is 0.127 e. The Bertz CT molecular complexity index is 365. The summed E-state index contributed by atoms with van der Waals surface area (Å²) >= 11 is 0. The molecule has 1 aliphatic heterocycles. The average Bonchev–Trinajstić information content (AvgIpc) is 2.50. The standard InChI is InChI=1S/C16H25N3/c1-2-6-16(7-3-1)19-11-9-18(10-12-19)14-15-5-4-8-17-13-15/h4-5,8,13,16H,1-3,6-7,9-12,14H2/p+2. The van der Waals surface area contributed by atoms with Crippen molar-refractivity contribution in [3.8, 4) is 0 Å². The van der Waals surface area contributed by atoms with E-state index in [1.807, 2.05) is 17.3 Å². The van der Waals surface area contributed by atoms with Gasteiger partial charge in [0.1, 0.15) is 32.7 Å². The maximum Gasteiger partial charge on any atom is 0.127 e. The third-order valence-electron chi connectivity index (χ3n) is 4.96. The van der Waals surface area contributed by atoms with Gasteiger partial charge in [-0.3, -0.25) is 4.98 Å².